The number of carbonyl (C=O) groups excluding carboxylic acids is 2. The van der Waals surface area contributed by atoms with E-state index in [2.05, 4.69) is 10.6 Å². The molecule has 0 fully saturated rings. The van der Waals surface area contributed by atoms with Crippen LogP contribution in [0, 0.1) is 0 Å². The number of hydrogen-bond donors (Lipinski definition) is 2. The summed E-state index contributed by atoms with van der Waals surface area (Å²) in [5.41, 5.74) is 1.20. The van der Waals surface area contributed by atoms with E-state index in [1.165, 1.54) is 13.8 Å². The Hall–Kier alpha value is -1.30. The Bertz CT molecular complexity index is 451. The van der Waals surface area contributed by atoms with Gasteiger partial charge in [-0.1, -0.05) is 6.92 Å². The van der Waals surface area contributed by atoms with Crippen molar-refractivity contribution in [2.45, 2.75) is 13.8 Å². The Morgan fingerprint density at radius 1 is 1.06 bits per heavy atom. The van der Waals surface area contributed by atoms with Gasteiger partial charge in [0.05, 0.1) is 0 Å². The number of rotatable bonds is 3. The summed E-state index contributed by atoms with van der Waals surface area (Å²) >= 11 is 0. The van der Waals surface area contributed by atoms with Crippen molar-refractivity contribution in [2.24, 2.45) is 0 Å². The summed E-state index contributed by atoms with van der Waals surface area (Å²) in [7, 11) is 0. The predicted molar refractivity (Wildman–Crippen MR) is 63.1 cm³/mol. The van der Waals surface area contributed by atoms with Gasteiger partial charge in [-0.15, -0.1) is 5.76 Å². The van der Waals surface area contributed by atoms with Crippen LogP contribution in [-0.2, 0) is 9.59 Å². The van der Waals surface area contributed by atoms with Gasteiger partial charge in [-0.2, -0.15) is 0 Å². The van der Waals surface area contributed by atoms with Gasteiger partial charge in [0.15, 0.2) is 0 Å². The molecule has 18 heavy (non-hydrogen) atoms. The van der Waals surface area contributed by atoms with Gasteiger partial charge in [0, 0.05) is 18.3 Å². The molecule has 90 valence electrons. The topological polar surface area (TPSA) is 81.3 Å². The Morgan fingerprint density at radius 2 is 1.50 bits per heavy atom. The molecule has 0 unspecified atom stereocenters. The molecule has 0 heterocycles. The molecule has 0 aromatic heterocycles. The maximum atomic E-state index is 11.2. The van der Waals surface area contributed by atoms with E-state index in [4.69, 9.17) is 0 Å². The van der Waals surface area contributed by atoms with Gasteiger partial charge in [0.2, 0.25) is 11.8 Å². The molecule has 5 nitrogen and oxygen atoms in total. The first-order valence-electron chi connectivity index (χ1n) is 5.01. The van der Waals surface area contributed by atoms with E-state index < -0.39 is 5.91 Å². The van der Waals surface area contributed by atoms with Gasteiger partial charge in [-0.3, -0.25) is 9.59 Å². The third-order valence-electron chi connectivity index (χ3n) is 1.81. The van der Waals surface area contributed by atoms with Crippen molar-refractivity contribution in [1.29, 1.82) is 0 Å². The first-order valence-corrected chi connectivity index (χ1v) is 5.01. The van der Waals surface area contributed by atoms with Gasteiger partial charge < -0.3 is 15.7 Å². The van der Waals surface area contributed by atoms with Crippen molar-refractivity contribution in [3.8, 4) is 0 Å². The molecular formula is C12H13N2NaO3. The number of amides is 2. The summed E-state index contributed by atoms with van der Waals surface area (Å²) in [4.78, 5) is 22.0. The molecule has 6 heteroatoms. The van der Waals surface area contributed by atoms with Crippen molar-refractivity contribution >= 4 is 23.2 Å². The quantitative estimate of drug-likeness (QED) is 0.367. The third-order valence-corrected chi connectivity index (χ3v) is 1.81. The molecule has 1 aromatic rings. The Kier molecular flexibility index (Phi) is 7.35. The van der Waals surface area contributed by atoms with E-state index in [9.17, 15) is 14.7 Å². The van der Waals surface area contributed by atoms with Crippen molar-refractivity contribution in [3.05, 3.63) is 36.1 Å². The molecule has 0 radical (unpaired) electrons. The van der Waals surface area contributed by atoms with Gasteiger partial charge in [-0.05, 0) is 30.3 Å². The second kappa shape index (κ2) is 7.92. The zero-order valence-electron chi connectivity index (χ0n) is 10.6. The molecule has 2 N–H and O–H groups in total. The average molecular weight is 256 g/mol. The number of carbonyl (C=O) groups is 2. The van der Waals surface area contributed by atoms with Gasteiger partial charge in [-0.25, -0.2) is 0 Å². The zero-order chi connectivity index (χ0) is 12.8. The normalized spacial score (nSPS) is 10.2. The fraction of sp³-hybridized carbons (Fsp3) is 0.167. The third kappa shape index (κ3) is 6.44. The molecule has 0 saturated carbocycles. The standard InChI is InChI=1S/C12H14N2O3.Na/c1-8(15)7-12(17)14-11-5-3-10(4-6-11)13-9(2)16;/h3-7,15H,1-2H3,(H,13,16)(H,14,17);/q;+1/p-1/b8-7-;. The Labute approximate surface area is 128 Å². The number of hydrogen-bond acceptors (Lipinski definition) is 3. The van der Waals surface area contributed by atoms with Gasteiger partial charge in [0.1, 0.15) is 0 Å². The molecule has 0 aliphatic heterocycles. The monoisotopic (exact) mass is 256 g/mol. The van der Waals surface area contributed by atoms with Crippen molar-refractivity contribution < 1.29 is 44.3 Å². The average Bonchev–Trinajstić information content (AvgIpc) is 2.18. The van der Waals surface area contributed by atoms with Crippen molar-refractivity contribution in [3.63, 3.8) is 0 Å². The number of benzene rings is 1. The summed E-state index contributed by atoms with van der Waals surface area (Å²) in [6.45, 7) is 2.72. The van der Waals surface area contributed by atoms with Crippen LogP contribution < -0.4 is 45.3 Å². The number of nitrogens with one attached hydrogen (secondary N) is 2. The second-order valence-electron chi connectivity index (χ2n) is 3.50. The predicted octanol–water partition coefficient (Wildman–Crippen LogP) is -2.15. The van der Waals surface area contributed by atoms with Gasteiger partial charge >= 0.3 is 29.6 Å². The summed E-state index contributed by atoms with van der Waals surface area (Å²) in [5.74, 6) is -0.936. The fourth-order valence-electron chi connectivity index (χ4n) is 1.20. The Morgan fingerprint density at radius 3 is 1.89 bits per heavy atom. The van der Waals surface area contributed by atoms with E-state index in [1.807, 2.05) is 0 Å². The van der Waals surface area contributed by atoms with E-state index >= 15 is 0 Å². The molecule has 0 bridgehead atoms. The molecule has 0 aliphatic rings. The minimum absolute atomic E-state index is 0. The van der Waals surface area contributed by atoms with E-state index in [0.29, 0.717) is 11.4 Å². The molecule has 0 atom stereocenters. The molecule has 1 aromatic carbocycles. The summed E-state index contributed by atoms with van der Waals surface area (Å²) in [6, 6.07) is 6.59. The molecule has 2 amide bonds. The van der Waals surface area contributed by atoms with Crippen LogP contribution in [0.5, 0.6) is 0 Å². The van der Waals surface area contributed by atoms with Crippen LogP contribution in [-0.4, -0.2) is 11.8 Å². The molecule has 0 spiro atoms. The van der Waals surface area contributed by atoms with Crippen molar-refractivity contribution in [2.75, 3.05) is 10.6 Å². The van der Waals surface area contributed by atoms with E-state index in [-0.39, 0.29) is 41.2 Å². The maximum Gasteiger partial charge on any atom is 1.00 e. The van der Waals surface area contributed by atoms with Crippen LogP contribution in [0.2, 0.25) is 0 Å². The summed E-state index contributed by atoms with van der Waals surface area (Å²) in [5, 5.41) is 15.8. The Balaban J connectivity index is 0.00000289. The maximum absolute atomic E-state index is 11.2. The van der Waals surface area contributed by atoms with Crippen LogP contribution in [0.4, 0.5) is 11.4 Å². The molecule has 1 rings (SSSR count). The van der Waals surface area contributed by atoms with Crippen LogP contribution in [0.3, 0.4) is 0 Å². The van der Waals surface area contributed by atoms with Crippen LogP contribution in [0.25, 0.3) is 0 Å². The molecule has 0 aliphatic carbocycles. The van der Waals surface area contributed by atoms with Crippen LogP contribution >= 0.6 is 0 Å². The number of anilines is 2. The minimum atomic E-state index is -0.468. The second-order valence-corrected chi connectivity index (χ2v) is 3.50. The number of allylic oxidation sites excluding steroid dienone is 1. The van der Waals surface area contributed by atoms with E-state index in [1.54, 1.807) is 24.3 Å². The summed E-state index contributed by atoms with van der Waals surface area (Å²) in [6.07, 6.45) is 0.974. The first kappa shape index (κ1) is 16.7. The molecular weight excluding hydrogens is 243 g/mol. The van der Waals surface area contributed by atoms with Crippen molar-refractivity contribution in [1.82, 2.24) is 0 Å². The smallest absolute Gasteiger partial charge is 0.875 e. The summed E-state index contributed by atoms with van der Waals surface area (Å²) < 4.78 is 0. The largest absolute Gasteiger partial charge is 1.00 e. The van der Waals surface area contributed by atoms with E-state index in [0.717, 1.165) is 6.08 Å². The minimum Gasteiger partial charge on any atom is -0.875 e. The SMILES string of the molecule is CC(=O)Nc1ccc(NC(=O)/C=C(/C)[O-])cc1.[Na+]. The van der Waals surface area contributed by atoms with Crippen LogP contribution in [0.15, 0.2) is 36.1 Å². The first-order chi connectivity index (χ1) is 7.97. The van der Waals surface area contributed by atoms with Gasteiger partial charge in [0.25, 0.3) is 0 Å². The molecule has 0 saturated heterocycles. The zero-order valence-corrected chi connectivity index (χ0v) is 12.6. The fourth-order valence-corrected chi connectivity index (χ4v) is 1.20. The van der Waals surface area contributed by atoms with Crippen LogP contribution in [0.1, 0.15) is 13.8 Å².